The summed E-state index contributed by atoms with van der Waals surface area (Å²) in [6.45, 7) is 5.80. The Morgan fingerprint density at radius 1 is 0.878 bits per heavy atom. The number of imidazole rings is 1. The van der Waals surface area contributed by atoms with Gasteiger partial charge in [0, 0.05) is 54.5 Å². The molecular weight excluding hydrogens is 506 g/mol. The maximum absolute atomic E-state index is 6.49. The van der Waals surface area contributed by atoms with Crippen molar-refractivity contribution >= 4 is 22.2 Å². The van der Waals surface area contributed by atoms with Gasteiger partial charge in [-0.2, -0.15) is 0 Å². The van der Waals surface area contributed by atoms with E-state index in [0.29, 0.717) is 17.7 Å². The first kappa shape index (κ1) is 26.1. The minimum absolute atomic E-state index is 0.411. The number of nitrogens with zero attached hydrogens (tertiary/aromatic N) is 5. The second-order valence-electron chi connectivity index (χ2n) is 12.1. The molecule has 210 valence electrons. The first-order chi connectivity index (χ1) is 20.1. The van der Waals surface area contributed by atoms with E-state index >= 15 is 0 Å². The summed E-state index contributed by atoms with van der Waals surface area (Å²) in [6, 6.07) is 20.9. The summed E-state index contributed by atoms with van der Waals surface area (Å²) in [7, 11) is 0. The second-order valence-corrected chi connectivity index (χ2v) is 12.1. The van der Waals surface area contributed by atoms with Gasteiger partial charge in [0.05, 0.1) is 11.2 Å². The Hall–Kier alpha value is -3.81. The van der Waals surface area contributed by atoms with Crippen LogP contribution in [0.3, 0.4) is 0 Å². The van der Waals surface area contributed by atoms with E-state index in [4.69, 9.17) is 15.7 Å². The van der Waals surface area contributed by atoms with Crippen LogP contribution in [-0.4, -0.2) is 44.0 Å². The Morgan fingerprint density at radius 2 is 1.66 bits per heavy atom. The number of hydrazine groups is 1. The van der Waals surface area contributed by atoms with E-state index in [1.54, 1.807) is 6.20 Å². The number of aromatic nitrogens is 4. The fraction of sp³-hybridized carbons (Fsp3) is 0.382. The van der Waals surface area contributed by atoms with E-state index in [1.807, 2.05) is 24.4 Å². The molecule has 2 aliphatic rings. The van der Waals surface area contributed by atoms with Crippen LogP contribution in [-0.2, 0) is 0 Å². The molecule has 0 unspecified atom stereocenters. The highest BCUT2D eigenvalue weighted by Crippen LogP contribution is 2.39. The SMILES string of the molecule is CC1CCN(NCC2CCC(c3nc(-c4ccc5ccc(-c6ccccc6)nc5c4)c4c(N)nccn34)CC2)CC1. The smallest absolute Gasteiger partial charge is 0.150 e. The number of pyridine rings is 1. The lowest BCUT2D eigenvalue weighted by atomic mass is 9.81. The van der Waals surface area contributed by atoms with Crippen molar-refractivity contribution in [2.45, 2.75) is 51.4 Å². The third kappa shape index (κ3) is 5.32. The molecule has 2 fully saturated rings. The molecule has 0 radical (unpaired) electrons. The topological polar surface area (TPSA) is 84.4 Å². The lowest BCUT2D eigenvalue weighted by Gasteiger charge is -2.34. The zero-order chi connectivity index (χ0) is 27.8. The molecule has 7 heteroatoms. The van der Waals surface area contributed by atoms with Crippen molar-refractivity contribution in [2.24, 2.45) is 11.8 Å². The number of nitrogen functional groups attached to an aromatic ring is 1. The normalized spacial score (nSPS) is 20.6. The standard InChI is InChI=1S/C34H39N7/c1-23-15-18-40(19-16-23)37-22-24-7-9-27(10-8-24)34-39-31(32-33(35)36-17-20-41(32)34)28-12-11-26-13-14-29(38-30(26)21-28)25-5-3-2-4-6-25/h2-6,11-14,17,20-21,23-24,27,37H,7-10,15-16,18-19,22H2,1H3,(H2,35,36). The van der Waals surface area contributed by atoms with E-state index < -0.39 is 0 Å². The molecule has 1 aliphatic heterocycles. The van der Waals surface area contributed by atoms with Crippen LogP contribution in [0.15, 0.2) is 73.1 Å². The van der Waals surface area contributed by atoms with Crippen molar-refractivity contribution in [1.82, 2.24) is 29.8 Å². The molecule has 0 amide bonds. The summed E-state index contributed by atoms with van der Waals surface area (Å²) in [4.78, 5) is 14.7. The third-order valence-electron chi connectivity index (χ3n) is 9.24. The van der Waals surface area contributed by atoms with Crippen molar-refractivity contribution in [3.8, 4) is 22.5 Å². The summed E-state index contributed by atoms with van der Waals surface area (Å²) in [5, 5.41) is 3.55. The number of hydrogen-bond acceptors (Lipinski definition) is 6. The van der Waals surface area contributed by atoms with Crippen LogP contribution in [0, 0.1) is 11.8 Å². The van der Waals surface area contributed by atoms with Crippen LogP contribution in [0.4, 0.5) is 5.82 Å². The van der Waals surface area contributed by atoms with Crippen molar-refractivity contribution in [3.63, 3.8) is 0 Å². The Bertz CT molecular complexity index is 1640. The van der Waals surface area contributed by atoms with Crippen LogP contribution in [0.2, 0.25) is 0 Å². The first-order valence-electron chi connectivity index (χ1n) is 15.2. The number of piperidine rings is 1. The molecule has 0 spiro atoms. The number of hydrogen-bond donors (Lipinski definition) is 2. The molecule has 1 aliphatic carbocycles. The summed E-state index contributed by atoms with van der Waals surface area (Å²) >= 11 is 0. The number of rotatable bonds is 6. The predicted octanol–water partition coefficient (Wildman–Crippen LogP) is 6.70. The number of nitrogens with two attached hydrogens (primary N) is 1. The number of anilines is 1. The molecular formula is C34H39N7. The highest BCUT2D eigenvalue weighted by atomic mass is 15.5. The van der Waals surface area contributed by atoms with Crippen LogP contribution in [0.25, 0.3) is 38.9 Å². The Kier molecular flexibility index (Phi) is 7.15. The summed E-state index contributed by atoms with van der Waals surface area (Å²) in [5.41, 5.74) is 16.1. The first-order valence-corrected chi connectivity index (χ1v) is 15.2. The number of fused-ring (bicyclic) bond motifs is 2. The quantitative estimate of drug-likeness (QED) is 0.247. The molecule has 0 atom stereocenters. The van der Waals surface area contributed by atoms with Gasteiger partial charge in [-0.25, -0.2) is 20.0 Å². The lowest BCUT2D eigenvalue weighted by molar-refractivity contribution is 0.114. The average Bonchev–Trinajstić information content (AvgIpc) is 3.42. The molecule has 41 heavy (non-hydrogen) atoms. The molecule has 1 saturated carbocycles. The zero-order valence-corrected chi connectivity index (χ0v) is 23.8. The minimum Gasteiger partial charge on any atom is -0.382 e. The number of benzene rings is 2. The molecule has 7 nitrogen and oxygen atoms in total. The molecule has 5 aromatic rings. The highest BCUT2D eigenvalue weighted by Gasteiger charge is 2.28. The van der Waals surface area contributed by atoms with Gasteiger partial charge in [-0.1, -0.05) is 55.5 Å². The van der Waals surface area contributed by atoms with Gasteiger partial charge in [0.2, 0.25) is 0 Å². The van der Waals surface area contributed by atoms with E-state index in [9.17, 15) is 0 Å². The monoisotopic (exact) mass is 545 g/mol. The molecule has 4 heterocycles. The fourth-order valence-corrected chi connectivity index (χ4v) is 6.66. The van der Waals surface area contributed by atoms with Gasteiger partial charge in [-0.15, -0.1) is 0 Å². The van der Waals surface area contributed by atoms with Crippen LogP contribution < -0.4 is 11.2 Å². The largest absolute Gasteiger partial charge is 0.382 e. The summed E-state index contributed by atoms with van der Waals surface area (Å²) in [5.74, 6) is 3.61. The fourth-order valence-electron chi connectivity index (χ4n) is 6.66. The Balaban J connectivity index is 1.14. The Morgan fingerprint density at radius 3 is 2.46 bits per heavy atom. The van der Waals surface area contributed by atoms with Gasteiger partial charge in [-0.3, -0.25) is 9.83 Å². The summed E-state index contributed by atoms with van der Waals surface area (Å²) in [6.07, 6.45) is 11.1. The number of nitrogens with one attached hydrogen (secondary N) is 1. The van der Waals surface area contributed by atoms with Gasteiger partial charge < -0.3 is 5.73 Å². The molecule has 3 aromatic heterocycles. The minimum atomic E-state index is 0.411. The van der Waals surface area contributed by atoms with E-state index in [-0.39, 0.29) is 0 Å². The zero-order valence-electron chi connectivity index (χ0n) is 23.8. The molecule has 7 rings (SSSR count). The van der Waals surface area contributed by atoms with E-state index in [0.717, 1.165) is 70.1 Å². The molecule has 2 aromatic carbocycles. The van der Waals surface area contributed by atoms with Gasteiger partial charge >= 0.3 is 0 Å². The second kappa shape index (κ2) is 11.2. The van der Waals surface area contributed by atoms with Crippen LogP contribution >= 0.6 is 0 Å². The van der Waals surface area contributed by atoms with Crippen molar-refractivity contribution in [2.75, 3.05) is 25.4 Å². The van der Waals surface area contributed by atoms with Crippen LogP contribution in [0.5, 0.6) is 0 Å². The molecule has 3 N–H and O–H groups in total. The lowest BCUT2D eigenvalue weighted by Crippen LogP contribution is -2.45. The maximum atomic E-state index is 6.49. The molecule has 0 bridgehead atoms. The van der Waals surface area contributed by atoms with E-state index in [1.165, 1.54) is 38.8 Å². The highest BCUT2D eigenvalue weighted by molar-refractivity contribution is 5.91. The van der Waals surface area contributed by atoms with Crippen LogP contribution in [0.1, 0.15) is 57.2 Å². The van der Waals surface area contributed by atoms with Gasteiger partial charge in [0.25, 0.3) is 0 Å². The van der Waals surface area contributed by atoms with Gasteiger partial charge in [0.15, 0.2) is 0 Å². The van der Waals surface area contributed by atoms with Crippen molar-refractivity contribution < 1.29 is 0 Å². The maximum Gasteiger partial charge on any atom is 0.150 e. The third-order valence-corrected chi connectivity index (χ3v) is 9.24. The van der Waals surface area contributed by atoms with Crippen molar-refractivity contribution in [3.05, 3.63) is 78.9 Å². The van der Waals surface area contributed by atoms with Gasteiger partial charge in [-0.05, 0) is 62.5 Å². The molecule has 1 saturated heterocycles. The average molecular weight is 546 g/mol. The predicted molar refractivity (Wildman–Crippen MR) is 166 cm³/mol. The van der Waals surface area contributed by atoms with E-state index in [2.05, 4.69) is 69.2 Å². The van der Waals surface area contributed by atoms with Crippen molar-refractivity contribution in [1.29, 1.82) is 0 Å². The van der Waals surface area contributed by atoms with Gasteiger partial charge in [0.1, 0.15) is 22.9 Å². The Labute approximate surface area is 241 Å². The summed E-state index contributed by atoms with van der Waals surface area (Å²) < 4.78 is 2.19.